The van der Waals surface area contributed by atoms with Crippen molar-refractivity contribution in [1.82, 2.24) is 19.9 Å². The molecular formula is C11H18F3N5O. The number of nitrogens with zero attached hydrogens (tertiary/aromatic N) is 4. The monoisotopic (exact) mass is 293 g/mol. The summed E-state index contributed by atoms with van der Waals surface area (Å²) < 4.78 is 43.3. The lowest BCUT2D eigenvalue weighted by Crippen LogP contribution is -2.48. The maximum absolute atomic E-state index is 12.8. The van der Waals surface area contributed by atoms with Gasteiger partial charge in [0.1, 0.15) is 0 Å². The van der Waals surface area contributed by atoms with Crippen molar-refractivity contribution < 1.29 is 17.7 Å². The molecule has 2 heterocycles. The summed E-state index contributed by atoms with van der Waals surface area (Å²) in [7, 11) is 3.81. The number of likely N-dealkylation sites (N-methyl/N-ethyl adjacent to an activating group) is 2. The molecule has 0 amide bonds. The molecule has 1 aromatic rings. The molecule has 1 aliphatic rings. The zero-order valence-corrected chi connectivity index (χ0v) is 11.6. The number of aromatic nitrogens is 2. The van der Waals surface area contributed by atoms with E-state index < -0.39 is 17.6 Å². The number of rotatable bonds is 2. The van der Waals surface area contributed by atoms with Gasteiger partial charge in [-0.15, -0.1) is 0 Å². The first-order valence-electron chi connectivity index (χ1n) is 6.21. The fourth-order valence-electron chi connectivity index (χ4n) is 1.99. The van der Waals surface area contributed by atoms with Crippen molar-refractivity contribution in [2.45, 2.75) is 24.7 Å². The maximum Gasteiger partial charge on any atom is 0.415 e. The molecule has 0 saturated carbocycles. The summed E-state index contributed by atoms with van der Waals surface area (Å²) >= 11 is 0. The molecule has 20 heavy (non-hydrogen) atoms. The van der Waals surface area contributed by atoms with Gasteiger partial charge in [0.15, 0.2) is 11.4 Å². The number of hydrogen-bond acceptors (Lipinski definition) is 6. The molecule has 0 aromatic carbocycles. The highest BCUT2D eigenvalue weighted by Crippen LogP contribution is 2.36. The lowest BCUT2D eigenvalue weighted by atomic mass is 10.0. The SMILES string of the molecule is CN1CCN(C)C(c2noc(C(C)(N)C(F)(F)F)n2)C1. The molecule has 0 spiro atoms. The lowest BCUT2D eigenvalue weighted by molar-refractivity contribution is -0.190. The first kappa shape index (κ1) is 15.2. The third-order valence-electron chi connectivity index (χ3n) is 3.62. The Labute approximate surface area is 114 Å². The van der Waals surface area contributed by atoms with Crippen molar-refractivity contribution in [3.63, 3.8) is 0 Å². The zero-order chi connectivity index (χ0) is 15.1. The Hall–Kier alpha value is -1.19. The minimum atomic E-state index is -4.65. The van der Waals surface area contributed by atoms with Gasteiger partial charge in [0.25, 0.3) is 5.89 Å². The summed E-state index contributed by atoms with van der Waals surface area (Å²) in [6.45, 7) is 3.11. The van der Waals surface area contributed by atoms with Crippen LogP contribution in [0.4, 0.5) is 13.2 Å². The smallest absolute Gasteiger partial charge is 0.337 e. The van der Waals surface area contributed by atoms with Crippen LogP contribution >= 0.6 is 0 Å². The van der Waals surface area contributed by atoms with Gasteiger partial charge in [0.05, 0.1) is 6.04 Å². The Morgan fingerprint density at radius 1 is 1.30 bits per heavy atom. The Bertz CT molecular complexity index is 473. The molecule has 0 bridgehead atoms. The quantitative estimate of drug-likeness (QED) is 0.866. The molecule has 9 heteroatoms. The summed E-state index contributed by atoms with van der Waals surface area (Å²) in [4.78, 5) is 7.91. The molecule has 114 valence electrons. The van der Waals surface area contributed by atoms with Crippen molar-refractivity contribution in [3.05, 3.63) is 11.7 Å². The fraction of sp³-hybridized carbons (Fsp3) is 0.818. The maximum atomic E-state index is 12.8. The molecule has 2 rings (SSSR count). The topological polar surface area (TPSA) is 71.4 Å². The van der Waals surface area contributed by atoms with Crippen LogP contribution in [-0.2, 0) is 5.54 Å². The number of hydrogen-bond donors (Lipinski definition) is 1. The van der Waals surface area contributed by atoms with Crippen LogP contribution in [0.3, 0.4) is 0 Å². The molecule has 2 atom stereocenters. The number of nitrogens with two attached hydrogens (primary N) is 1. The second-order valence-electron chi connectivity index (χ2n) is 5.42. The molecule has 1 saturated heterocycles. The molecule has 1 aliphatic heterocycles. The number of piperazine rings is 1. The van der Waals surface area contributed by atoms with Crippen LogP contribution in [0.2, 0.25) is 0 Å². The van der Waals surface area contributed by atoms with Crippen molar-refractivity contribution in [2.75, 3.05) is 33.7 Å². The van der Waals surface area contributed by atoms with Gasteiger partial charge in [-0.25, -0.2) is 0 Å². The van der Waals surface area contributed by atoms with E-state index in [-0.39, 0.29) is 11.9 Å². The van der Waals surface area contributed by atoms with E-state index >= 15 is 0 Å². The lowest BCUT2D eigenvalue weighted by Gasteiger charge is -2.35. The van der Waals surface area contributed by atoms with E-state index in [1.807, 2.05) is 19.0 Å². The van der Waals surface area contributed by atoms with Crippen LogP contribution < -0.4 is 5.73 Å². The van der Waals surface area contributed by atoms with Crippen LogP contribution in [-0.4, -0.2) is 59.8 Å². The Kier molecular flexibility index (Phi) is 3.78. The molecule has 6 nitrogen and oxygen atoms in total. The Morgan fingerprint density at radius 2 is 1.95 bits per heavy atom. The Balaban J connectivity index is 2.25. The fourth-order valence-corrected chi connectivity index (χ4v) is 1.99. The van der Waals surface area contributed by atoms with E-state index in [2.05, 4.69) is 15.0 Å². The van der Waals surface area contributed by atoms with E-state index in [4.69, 9.17) is 10.3 Å². The van der Waals surface area contributed by atoms with Crippen molar-refractivity contribution in [1.29, 1.82) is 0 Å². The number of halogens is 3. The first-order valence-corrected chi connectivity index (χ1v) is 6.21. The van der Waals surface area contributed by atoms with E-state index in [1.54, 1.807) is 0 Å². The predicted octanol–water partition coefficient (Wildman–Crippen LogP) is 0.724. The molecule has 2 unspecified atom stereocenters. The average molecular weight is 293 g/mol. The third kappa shape index (κ3) is 2.65. The highest BCUT2D eigenvalue weighted by atomic mass is 19.4. The average Bonchev–Trinajstić information content (AvgIpc) is 2.80. The van der Waals surface area contributed by atoms with Gasteiger partial charge in [-0.1, -0.05) is 5.16 Å². The summed E-state index contributed by atoms with van der Waals surface area (Å²) in [5, 5.41) is 3.67. The van der Waals surface area contributed by atoms with Crippen LogP contribution in [0.5, 0.6) is 0 Å². The minimum absolute atomic E-state index is 0.199. The predicted molar refractivity (Wildman–Crippen MR) is 64.8 cm³/mol. The molecule has 0 radical (unpaired) electrons. The highest BCUT2D eigenvalue weighted by Gasteiger charge is 2.54. The zero-order valence-electron chi connectivity index (χ0n) is 11.6. The summed E-state index contributed by atoms with van der Waals surface area (Å²) in [6, 6.07) is -0.199. The second-order valence-corrected chi connectivity index (χ2v) is 5.42. The van der Waals surface area contributed by atoms with Crippen molar-refractivity contribution in [3.8, 4) is 0 Å². The summed E-state index contributed by atoms with van der Waals surface area (Å²) in [6.07, 6.45) is -4.65. The summed E-state index contributed by atoms with van der Waals surface area (Å²) in [5.74, 6) is -0.378. The van der Waals surface area contributed by atoms with Gasteiger partial charge in [0.2, 0.25) is 0 Å². The standard InChI is InChI=1S/C11H18F3N5O/c1-10(15,11(12,13)14)9-16-8(17-20-9)7-6-18(2)4-5-19(7)3/h7H,4-6,15H2,1-3H3. The molecule has 2 N–H and O–H groups in total. The van der Waals surface area contributed by atoms with Gasteiger partial charge in [-0.2, -0.15) is 18.2 Å². The van der Waals surface area contributed by atoms with E-state index in [1.165, 1.54) is 0 Å². The van der Waals surface area contributed by atoms with E-state index in [0.717, 1.165) is 20.0 Å². The molecular weight excluding hydrogens is 275 g/mol. The van der Waals surface area contributed by atoms with Crippen LogP contribution in [0.15, 0.2) is 4.52 Å². The highest BCUT2D eigenvalue weighted by molar-refractivity contribution is 5.07. The molecule has 1 aromatic heterocycles. The third-order valence-corrected chi connectivity index (χ3v) is 3.62. The normalized spacial score (nSPS) is 25.6. The van der Waals surface area contributed by atoms with Crippen LogP contribution in [0.25, 0.3) is 0 Å². The largest absolute Gasteiger partial charge is 0.415 e. The van der Waals surface area contributed by atoms with E-state index in [0.29, 0.717) is 6.54 Å². The Morgan fingerprint density at radius 3 is 2.55 bits per heavy atom. The van der Waals surface area contributed by atoms with Crippen molar-refractivity contribution >= 4 is 0 Å². The van der Waals surface area contributed by atoms with Gasteiger partial charge >= 0.3 is 6.18 Å². The van der Waals surface area contributed by atoms with Gasteiger partial charge < -0.3 is 15.2 Å². The minimum Gasteiger partial charge on any atom is -0.337 e. The van der Waals surface area contributed by atoms with Gasteiger partial charge in [-0.05, 0) is 21.0 Å². The van der Waals surface area contributed by atoms with Crippen molar-refractivity contribution in [2.24, 2.45) is 5.73 Å². The van der Waals surface area contributed by atoms with Gasteiger partial charge in [-0.3, -0.25) is 4.90 Å². The summed E-state index contributed by atoms with van der Waals surface area (Å²) in [5.41, 5.74) is 2.63. The number of alkyl halides is 3. The first-order chi connectivity index (χ1) is 9.13. The molecule has 1 fully saturated rings. The van der Waals surface area contributed by atoms with Gasteiger partial charge in [0, 0.05) is 19.6 Å². The van der Waals surface area contributed by atoms with Crippen LogP contribution in [0.1, 0.15) is 24.7 Å². The molecule has 0 aliphatic carbocycles. The second kappa shape index (κ2) is 4.97. The van der Waals surface area contributed by atoms with E-state index in [9.17, 15) is 13.2 Å². The van der Waals surface area contributed by atoms with Crippen LogP contribution in [0, 0.1) is 0 Å².